The Morgan fingerprint density at radius 2 is 1.81 bits per heavy atom. The van der Waals surface area contributed by atoms with Crippen LogP contribution in [0, 0.1) is 5.92 Å². The van der Waals surface area contributed by atoms with E-state index in [2.05, 4.69) is 26.1 Å². The quantitative estimate of drug-likeness (QED) is 0.637. The van der Waals surface area contributed by atoms with Crippen LogP contribution in [0.5, 0.6) is 0 Å². The first-order chi connectivity index (χ1) is 7.39. The van der Waals surface area contributed by atoms with Gasteiger partial charge in [-0.15, -0.1) is 0 Å². The predicted molar refractivity (Wildman–Crippen MR) is 70.5 cm³/mol. The second kappa shape index (κ2) is 8.07. The van der Waals surface area contributed by atoms with Gasteiger partial charge < -0.3 is 5.32 Å². The first kappa shape index (κ1) is 15.9. The van der Waals surface area contributed by atoms with E-state index in [0.717, 1.165) is 25.3 Å². The fourth-order valence-corrected chi connectivity index (χ4v) is 2.36. The lowest BCUT2D eigenvalue weighted by atomic mass is 9.98. The Bertz CT molecular complexity index is 262. The van der Waals surface area contributed by atoms with Crippen molar-refractivity contribution in [1.82, 2.24) is 5.32 Å². The first-order valence-corrected chi connectivity index (χ1v) is 8.36. The van der Waals surface area contributed by atoms with Crippen LogP contribution in [0.3, 0.4) is 0 Å². The van der Waals surface area contributed by atoms with Crippen molar-refractivity contribution in [3.8, 4) is 0 Å². The summed E-state index contributed by atoms with van der Waals surface area (Å²) in [7, 11) is -2.80. The fraction of sp³-hybridized carbons (Fsp3) is 1.00. The number of rotatable bonds is 9. The van der Waals surface area contributed by atoms with E-state index in [0.29, 0.717) is 11.8 Å². The zero-order valence-electron chi connectivity index (χ0n) is 11.1. The Morgan fingerprint density at radius 1 is 1.19 bits per heavy atom. The molecule has 0 radical (unpaired) electrons. The molecule has 1 N–H and O–H groups in total. The standard InChI is InChI=1S/C12H27NO2S/c1-5-11(3)10-12(6-2)13-8-7-9-16(4,14)15/h11-13H,5-10H2,1-4H3. The second-order valence-corrected chi connectivity index (χ2v) is 7.05. The Labute approximate surface area is 101 Å². The molecule has 0 aliphatic carbocycles. The zero-order valence-corrected chi connectivity index (χ0v) is 11.9. The van der Waals surface area contributed by atoms with E-state index in [1.54, 1.807) is 0 Å². The minimum absolute atomic E-state index is 0.291. The van der Waals surface area contributed by atoms with Gasteiger partial charge >= 0.3 is 0 Å². The van der Waals surface area contributed by atoms with Crippen molar-refractivity contribution in [2.75, 3.05) is 18.6 Å². The molecule has 0 rings (SSSR count). The van der Waals surface area contributed by atoms with E-state index < -0.39 is 9.84 Å². The molecule has 4 heteroatoms. The SMILES string of the molecule is CCC(C)CC(CC)NCCCS(C)(=O)=O. The van der Waals surface area contributed by atoms with E-state index >= 15 is 0 Å². The van der Waals surface area contributed by atoms with Gasteiger partial charge in [0.15, 0.2) is 0 Å². The van der Waals surface area contributed by atoms with Crippen molar-refractivity contribution in [1.29, 1.82) is 0 Å². The molecule has 0 saturated carbocycles. The molecule has 0 spiro atoms. The van der Waals surface area contributed by atoms with E-state index in [1.807, 2.05) is 0 Å². The lowest BCUT2D eigenvalue weighted by Crippen LogP contribution is -2.31. The van der Waals surface area contributed by atoms with Crippen LogP contribution in [0.25, 0.3) is 0 Å². The molecule has 16 heavy (non-hydrogen) atoms. The van der Waals surface area contributed by atoms with Crippen molar-refractivity contribution < 1.29 is 8.42 Å². The summed E-state index contributed by atoms with van der Waals surface area (Å²) in [5.74, 6) is 1.03. The summed E-state index contributed by atoms with van der Waals surface area (Å²) in [6.07, 6.45) is 5.52. The molecule has 0 aromatic heterocycles. The fourth-order valence-electron chi connectivity index (χ4n) is 1.69. The first-order valence-electron chi connectivity index (χ1n) is 6.30. The van der Waals surface area contributed by atoms with Gasteiger partial charge in [-0.2, -0.15) is 0 Å². The summed E-state index contributed by atoms with van der Waals surface area (Å²) >= 11 is 0. The van der Waals surface area contributed by atoms with E-state index in [9.17, 15) is 8.42 Å². The molecular formula is C12H27NO2S. The average molecular weight is 249 g/mol. The molecule has 0 aliphatic rings. The van der Waals surface area contributed by atoms with Gasteiger partial charge in [-0.1, -0.05) is 27.2 Å². The van der Waals surface area contributed by atoms with Crippen LogP contribution in [0.2, 0.25) is 0 Å². The summed E-state index contributed by atoms with van der Waals surface area (Å²) in [5, 5.41) is 3.44. The van der Waals surface area contributed by atoms with Crippen LogP contribution in [0.15, 0.2) is 0 Å². The van der Waals surface area contributed by atoms with Crippen molar-refractivity contribution in [2.45, 2.75) is 52.5 Å². The Kier molecular flexibility index (Phi) is 8.02. The molecule has 98 valence electrons. The minimum atomic E-state index is -2.80. The van der Waals surface area contributed by atoms with E-state index in [4.69, 9.17) is 0 Å². The largest absolute Gasteiger partial charge is 0.314 e. The molecule has 0 aromatic rings. The maximum atomic E-state index is 10.9. The third-order valence-electron chi connectivity index (χ3n) is 3.00. The van der Waals surface area contributed by atoms with Crippen LogP contribution in [0.4, 0.5) is 0 Å². The molecule has 0 aliphatic heterocycles. The van der Waals surface area contributed by atoms with Crippen molar-refractivity contribution in [2.24, 2.45) is 5.92 Å². The molecular weight excluding hydrogens is 222 g/mol. The summed E-state index contributed by atoms with van der Waals surface area (Å²) in [6, 6.07) is 0.537. The lowest BCUT2D eigenvalue weighted by Gasteiger charge is -2.20. The highest BCUT2D eigenvalue weighted by Crippen LogP contribution is 2.11. The van der Waals surface area contributed by atoms with Gasteiger partial charge in [0.25, 0.3) is 0 Å². The Hall–Kier alpha value is -0.0900. The third kappa shape index (κ3) is 9.16. The van der Waals surface area contributed by atoms with Crippen molar-refractivity contribution in [3.63, 3.8) is 0 Å². The molecule has 0 bridgehead atoms. The highest BCUT2D eigenvalue weighted by Gasteiger charge is 2.09. The molecule has 3 nitrogen and oxygen atoms in total. The molecule has 0 fully saturated rings. The highest BCUT2D eigenvalue weighted by molar-refractivity contribution is 7.90. The van der Waals surface area contributed by atoms with Crippen LogP contribution in [0.1, 0.15) is 46.5 Å². The Balaban J connectivity index is 3.71. The summed E-state index contributed by atoms with van der Waals surface area (Å²) in [4.78, 5) is 0. The Morgan fingerprint density at radius 3 is 2.25 bits per heavy atom. The second-order valence-electron chi connectivity index (χ2n) is 4.79. The smallest absolute Gasteiger partial charge is 0.147 e. The molecule has 0 aromatic carbocycles. The molecule has 2 atom stereocenters. The average Bonchev–Trinajstić information content (AvgIpc) is 2.20. The topological polar surface area (TPSA) is 46.2 Å². The van der Waals surface area contributed by atoms with E-state index in [-0.39, 0.29) is 0 Å². The highest BCUT2D eigenvalue weighted by atomic mass is 32.2. The lowest BCUT2D eigenvalue weighted by molar-refractivity contribution is 0.386. The minimum Gasteiger partial charge on any atom is -0.314 e. The van der Waals surface area contributed by atoms with Crippen LogP contribution >= 0.6 is 0 Å². The number of hydrogen-bond donors (Lipinski definition) is 1. The monoisotopic (exact) mass is 249 g/mol. The molecule has 0 heterocycles. The normalized spacial score (nSPS) is 16.0. The maximum Gasteiger partial charge on any atom is 0.147 e. The van der Waals surface area contributed by atoms with Gasteiger partial charge in [0, 0.05) is 12.3 Å². The van der Waals surface area contributed by atoms with Gasteiger partial charge in [-0.3, -0.25) is 0 Å². The van der Waals surface area contributed by atoms with Crippen LogP contribution < -0.4 is 5.32 Å². The van der Waals surface area contributed by atoms with Gasteiger partial charge in [0.1, 0.15) is 9.84 Å². The van der Waals surface area contributed by atoms with Crippen LogP contribution in [-0.4, -0.2) is 33.0 Å². The van der Waals surface area contributed by atoms with Gasteiger partial charge in [-0.25, -0.2) is 8.42 Å². The van der Waals surface area contributed by atoms with Crippen molar-refractivity contribution >= 4 is 9.84 Å². The summed E-state index contributed by atoms with van der Waals surface area (Å²) in [5.41, 5.74) is 0. The summed E-state index contributed by atoms with van der Waals surface area (Å²) < 4.78 is 21.9. The van der Waals surface area contributed by atoms with E-state index in [1.165, 1.54) is 19.1 Å². The zero-order chi connectivity index (χ0) is 12.6. The van der Waals surface area contributed by atoms with Gasteiger partial charge in [-0.05, 0) is 31.7 Å². The molecule has 2 unspecified atom stereocenters. The number of nitrogens with one attached hydrogen (secondary N) is 1. The molecule has 0 saturated heterocycles. The van der Waals surface area contributed by atoms with Gasteiger partial charge in [0.2, 0.25) is 0 Å². The predicted octanol–water partition coefficient (Wildman–Crippen LogP) is 2.23. The third-order valence-corrected chi connectivity index (χ3v) is 4.03. The number of hydrogen-bond acceptors (Lipinski definition) is 3. The van der Waals surface area contributed by atoms with Crippen LogP contribution in [-0.2, 0) is 9.84 Å². The summed E-state index contributed by atoms with van der Waals surface area (Å²) in [6.45, 7) is 7.46. The van der Waals surface area contributed by atoms with Gasteiger partial charge in [0.05, 0.1) is 5.75 Å². The molecule has 0 amide bonds. The number of sulfone groups is 1. The van der Waals surface area contributed by atoms with Crippen molar-refractivity contribution in [3.05, 3.63) is 0 Å². The maximum absolute atomic E-state index is 10.9.